The van der Waals surface area contributed by atoms with E-state index in [9.17, 15) is 0 Å². The lowest BCUT2D eigenvalue weighted by atomic mass is 10.00. The van der Waals surface area contributed by atoms with Gasteiger partial charge in [0.25, 0.3) is 0 Å². The van der Waals surface area contributed by atoms with Crippen molar-refractivity contribution in [1.29, 1.82) is 5.26 Å². The summed E-state index contributed by atoms with van der Waals surface area (Å²) in [5.41, 5.74) is 1.95. The molecule has 20 heavy (non-hydrogen) atoms. The fraction of sp³-hybridized carbons (Fsp3) is 0.312. The van der Waals surface area contributed by atoms with Crippen molar-refractivity contribution < 1.29 is 0 Å². The molecule has 0 amide bonds. The van der Waals surface area contributed by atoms with Crippen LogP contribution in [-0.2, 0) is 0 Å². The highest BCUT2D eigenvalue weighted by atomic mass is 15.3. The molecule has 0 saturated carbocycles. The Bertz CT molecular complexity index is 601. The van der Waals surface area contributed by atoms with Crippen molar-refractivity contribution in [2.24, 2.45) is 5.92 Å². The molecule has 4 nitrogen and oxygen atoms in total. The van der Waals surface area contributed by atoms with Crippen LogP contribution in [0.5, 0.6) is 0 Å². The zero-order valence-electron chi connectivity index (χ0n) is 11.2. The lowest BCUT2D eigenvalue weighted by Crippen LogP contribution is -2.35. The van der Waals surface area contributed by atoms with Crippen LogP contribution in [0, 0.1) is 17.2 Å². The van der Waals surface area contributed by atoms with Crippen LogP contribution in [0.2, 0.25) is 0 Å². The molecule has 1 aliphatic rings. The Kier molecular flexibility index (Phi) is 3.60. The number of piperidine rings is 1. The zero-order valence-corrected chi connectivity index (χ0v) is 11.2. The Balaban J connectivity index is 1.78. The molecule has 1 fully saturated rings. The van der Waals surface area contributed by atoms with Crippen LogP contribution < -0.4 is 4.90 Å². The summed E-state index contributed by atoms with van der Waals surface area (Å²) in [6.45, 7) is 1.72. The van der Waals surface area contributed by atoms with Crippen molar-refractivity contribution in [2.45, 2.75) is 12.8 Å². The third-order valence-corrected chi connectivity index (χ3v) is 3.65. The highest BCUT2D eigenvalue weighted by Crippen LogP contribution is 2.22. The molecule has 1 aliphatic heterocycles. The summed E-state index contributed by atoms with van der Waals surface area (Å²) in [6.07, 6.45) is 2.03. The molecule has 1 saturated heterocycles. The van der Waals surface area contributed by atoms with Crippen LogP contribution in [0.4, 0.5) is 5.82 Å². The molecule has 0 N–H and O–H groups in total. The molecule has 1 aromatic carbocycles. The van der Waals surface area contributed by atoms with Gasteiger partial charge in [-0.1, -0.05) is 30.3 Å². The van der Waals surface area contributed by atoms with E-state index in [2.05, 4.69) is 21.2 Å². The molecule has 2 aromatic rings. The van der Waals surface area contributed by atoms with E-state index in [4.69, 9.17) is 5.26 Å². The van der Waals surface area contributed by atoms with E-state index < -0.39 is 0 Å². The Hall–Kier alpha value is -2.41. The van der Waals surface area contributed by atoms with E-state index in [1.54, 1.807) is 0 Å². The van der Waals surface area contributed by atoms with Crippen molar-refractivity contribution in [3.05, 3.63) is 42.5 Å². The predicted octanol–water partition coefficient (Wildman–Crippen LogP) is 2.88. The van der Waals surface area contributed by atoms with Crippen LogP contribution in [0.25, 0.3) is 11.3 Å². The Morgan fingerprint density at radius 3 is 2.65 bits per heavy atom. The van der Waals surface area contributed by atoms with E-state index in [-0.39, 0.29) is 5.92 Å². The first-order chi connectivity index (χ1) is 9.86. The first-order valence-electron chi connectivity index (χ1n) is 6.90. The molecule has 1 unspecified atom stereocenters. The fourth-order valence-electron chi connectivity index (χ4n) is 2.55. The van der Waals surface area contributed by atoms with Gasteiger partial charge in [-0.15, -0.1) is 10.2 Å². The summed E-state index contributed by atoms with van der Waals surface area (Å²) in [6, 6.07) is 16.4. The van der Waals surface area contributed by atoms with Gasteiger partial charge in [-0.05, 0) is 25.0 Å². The molecular weight excluding hydrogens is 248 g/mol. The summed E-state index contributed by atoms with van der Waals surface area (Å²) in [4.78, 5) is 2.15. The number of anilines is 1. The van der Waals surface area contributed by atoms with Crippen LogP contribution in [0.3, 0.4) is 0 Å². The maximum absolute atomic E-state index is 9.04. The number of hydrogen-bond acceptors (Lipinski definition) is 4. The molecule has 0 bridgehead atoms. The van der Waals surface area contributed by atoms with Gasteiger partial charge in [-0.25, -0.2) is 0 Å². The number of benzene rings is 1. The molecule has 2 heterocycles. The third-order valence-electron chi connectivity index (χ3n) is 3.65. The Labute approximate surface area is 118 Å². The third kappa shape index (κ3) is 2.62. The van der Waals surface area contributed by atoms with E-state index in [0.717, 1.165) is 43.0 Å². The molecule has 1 aromatic heterocycles. The maximum atomic E-state index is 9.04. The average molecular weight is 264 g/mol. The number of aromatic nitrogens is 2. The van der Waals surface area contributed by atoms with Gasteiger partial charge in [-0.3, -0.25) is 0 Å². The molecular formula is C16H16N4. The number of hydrogen-bond donors (Lipinski definition) is 0. The predicted molar refractivity (Wildman–Crippen MR) is 78.0 cm³/mol. The van der Waals surface area contributed by atoms with Crippen molar-refractivity contribution in [3.63, 3.8) is 0 Å². The minimum absolute atomic E-state index is 0.111. The van der Waals surface area contributed by atoms with Gasteiger partial charge in [0.15, 0.2) is 5.82 Å². The van der Waals surface area contributed by atoms with E-state index in [0.29, 0.717) is 0 Å². The number of nitriles is 1. The number of rotatable bonds is 2. The van der Waals surface area contributed by atoms with E-state index in [1.165, 1.54) is 0 Å². The molecule has 4 heteroatoms. The lowest BCUT2D eigenvalue weighted by Gasteiger charge is -2.30. The molecule has 0 radical (unpaired) electrons. The van der Waals surface area contributed by atoms with Crippen molar-refractivity contribution >= 4 is 5.82 Å². The first kappa shape index (κ1) is 12.6. The Morgan fingerprint density at radius 2 is 1.95 bits per heavy atom. The monoisotopic (exact) mass is 264 g/mol. The van der Waals surface area contributed by atoms with Gasteiger partial charge in [0, 0.05) is 18.7 Å². The topological polar surface area (TPSA) is 52.8 Å². The first-order valence-corrected chi connectivity index (χ1v) is 6.90. The minimum atomic E-state index is 0.111. The largest absolute Gasteiger partial charge is 0.354 e. The standard InChI is InChI=1S/C16H16N4/c17-11-13-5-4-10-20(12-13)16-9-8-15(18-19-16)14-6-2-1-3-7-14/h1-3,6-9,13H,4-5,10,12H2. The second kappa shape index (κ2) is 5.70. The van der Waals surface area contributed by atoms with Crippen LogP contribution in [0.1, 0.15) is 12.8 Å². The SMILES string of the molecule is N#CC1CCCN(c2ccc(-c3ccccc3)nn2)C1. The summed E-state index contributed by atoms with van der Waals surface area (Å²) in [7, 11) is 0. The number of nitrogens with zero attached hydrogens (tertiary/aromatic N) is 4. The van der Waals surface area contributed by atoms with Gasteiger partial charge in [-0.2, -0.15) is 5.26 Å². The highest BCUT2D eigenvalue weighted by molar-refractivity contribution is 5.59. The second-order valence-corrected chi connectivity index (χ2v) is 5.06. The van der Waals surface area contributed by atoms with Crippen molar-refractivity contribution in [3.8, 4) is 17.3 Å². The average Bonchev–Trinajstić information content (AvgIpc) is 2.56. The van der Waals surface area contributed by atoms with Gasteiger partial charge in [0.2, 0.25) is 0 Å². The highest BCUT2D eigenvalue weighted by Gasteiger charge is 2.20. The molecule has 0 aliphatic carbocycles. The minimum Gasteiger partial charge on any atom is -0.354 e. The molecule has 3 rings (SSSR count). The normalized spacial score (nSPS) is 18.6. The van der Waals surface area contributed by atoms with E-state index >= 15 is 0 Å². The molecule has 0 spiro atoms. The smallest absolute Gasteiger partial charge is 0.151 e. The lowest BCUT2D eigenvalue weighted by molar-refractivity contribution is 0.489. The van der Waals surface area contributed by atoms with Gasteiger partial charge >= 0.3 is 0 Å². The summed E-state index contributed by atoms with van der Waals surface area (Å²) < 4.78 is 0. The summed E-state index contributed by atoms with van der Waals surface area (Å²) in [5.74, 6) is 0.976. The quantitative estimate of drug-likeness (QED) is 0.837. The van der Waals surface area contributed by atoms with Gasteiger partial charge in [0.1, 0.15) is 0 Å². The zero-order chi connectivity index (χ0) is 13.8. The van der Waals surface area contributed by atoms with Crippen molar-refractivity contribution in [2.75, 3.05) is 18.0 Å². The van der Waals surface area contributed by atoms with Crippen LogP contribution >= 0.6 is 0 Å². The van der Waals surface area contributed by atoms with Gasteiger partial charge in [0.05, 0.1) is 17.7 Å². The second-order valence-electron chi connectivity index (χ2n) is 5.06. The summed E-state index contributed by atoms with van der Waals surface area (Å²) >= 11 is 0. The Morgan fingerprint density at radius 1 is 1.10 bits per heavy atom. The van der Waals surface area contributed by atoms with E-state index in [1.807, 2.05) is 42.5 Å². The maximum Gasteiger partial charge on any atom is 0.151 e. The summed E-state index contributed by atoms with van der Waals surface area (Å²) in [5, 5.41) is 17.7. The van der Waals surface area contributed by atoms with Gasteiger partial charge < -0.3 is 4.90 Å². The molecule has 1 atom stereocenters. The fourth-order valence-corrected chi connectivity index (χ4v) is 2.55. The molecule has 100 valence electrons. The van der Waals surface area contributed by atoms with Crippen LogP contribution in [-0.4, -0.2) is 23.3 Å². The van der Waals surface area contributed by atoms with Crippen molar-refractivity contribution in [1.82, 2.24) is 10.2 Å². The van der Waals surface area contributed by atoms with Crippen LogP contribution in [0.15, 0.2) is 42.5 Å².